The van der Waals surface area contributed by atoms with E-state index in [9.17, 15) is 8.78 Å². The Labute approximate surface area is 150 Å². The molecule has 0 amide bonds. The molecule has 0 spiro atoms. The Morgan fingerprint density at radius 3 is 2.62 bits per heavy atom. The highest BCUT2D eigenvalue weighted by molar-refractivity contribution is 5.92. The molecular formula is C18H21F2N3O3. The third-order valence-electron chi connectivity index (χ3n) is 3.46. The highest BCUT2D eigenvalue weighted by Gasteiger charge is 2.11. The van der Waals surface area contributed by atoms with Crippen molar-refractivity contribution in [2.75, 3.05) is 19.5 Å². The number of nitrogens with two attached hydrogens (primary N) is 1. The van der Waals surface area contributed by atoms with E-state index in [-0.39, 0.29) is 24.0 Å². The Balaban J connectivity index is 2.09. The molecule has 0 aliphatic heterocycles. The minimum atomic E-state index is -2.94. The summed E-state index contributed by atoms with van der Waals surface area (Å²) in [6.07, 6.45) is 0. The van der Waals surface area contributed by atoms with E-state index in [0.717, 1.165) is 11.3 Å². The summed E-state index contributed by atoms with van der Waals surface area (Å²) in [6.45, 7) is -2.32. The lowest BCUT2D eigenvalue weighted by Crippen LogP contribution is -2.23. The molecule has 3 N–H and O–H groups in total. The van der Waals surface area contributed by atoms with Gasteiger partial charge >= 0.3 is 6.61 Å². The van der Waals surface area contributed by atoms with E-state index in [2.05, 4.69) is 15.0 Å². The Morgan fingerprint density at radius 2 is 1.92 bits per heavy atom. The molecule has 2 aromatic carbocycles. The average molecular weight is 365 g/mol. The van der Waals surface area contributed by atoms with Gasteiger partial charge in [0.05, 0.1) is 20.3 Å². The number of ether oxygens (including phenoxy) is 3. The summed E-state index contributed by atoms with van der Waals surface area (Å²) in [5.74, 6) is 0.366. The Morgan fingerprint density at radius 1 is 1.15 bits per heavy atom. The fraction of sp³-hybridized carbons (Fsp3) is 0.278. The van der Waals surface area contributed by atoms with Gasteiger partial charge in [0.1, 0.15) is 0 Å². The Hall–Kier alpha value is -2.87. The predicted octanol–water partition coefficient (Wildman–Crippen LogP) is 3.37. The van der Waals surface area contributed by atoms with Gasteiger partial charge in [-0.1, -0.05) is 24.3 Å². The van der Waals surface area contributed by atoms with E-state index in [1.54, 1.807) is 19.2 Å². The summed E-state index contributed by atoms with van der Waals surface area (Å²) in [7, 11) is 2.99. The molecule has 140 valence electrons. The van der Waals surface area contributed by atoms with Gasteiger partial charge in [-0.25, -0.2) is 4.99 Å². The largest absolute Gasteiger partial charge is 0.493 e. The molecule has 2 aromatic rings. The zero-order valence-electron chi connectivity index (χ0n) is 14.5. The van der Waals surface area contributed by atoms with Gasteiger partial charge in [0, 0.05) is 18.4 Å². The minimum absolute atomic E-state index is 0.0489. The van der Waals surface area contributed by atoms with E-state index in [4.69, 9.17) is 15.2 Å². The third kappa shape index (κ3) is 5.59. The average Bonchev–Trinajstić information content (AvgIpc) is 2.61. The number of hydrogen-bond donors (Lipinski definition) is 2. The van der Waals surface area contributed by atoms with Crippen LogP contribution in [-0.2, 0) is 17.9 Å². The number of methoxy groups -OCH3 is 2. The van der Waals surface area contributed by atoms with Crippen molar-refractivity contribution in [2.24, 2.45) is 10.7 Å². The van der Waals surface area contributed by atoms with Crippen LogP contribution in [0.15, 0.2) is 47.5 Å². The van der Waals surface area contributed by atoms with E-state index in [0.29, 0.717) is 12.2 Å². The highest BCUT2D eigenvalue weighted by Crippen LogP contribution is 2.29. The van der Waals surface area contributed by atoms with Gasteiger partial charge in [-0.15, -0.1) is 0 Å². The quantitative estimate of drug-likeness (QED) is 0.554. The maximum atomic E-state index is 12.5. The van der Waals surface area contributed by atoms with Crippen molar-refractivity contribution >= 4 is 11.6 Å². The summed E-state index contributed by atoms with van der Waals surface area (Å²) in [5.41, 5.74) is 8.28. The summed E-state index contributed by atoms with van der Waals surface area (Å²) in [4.78, 5) is 4.23. The van der Waals surface area contributed by atoms with E-state index >= 15 is 0 Å². The van der Waals surface area contributed by atoms with Crippen LogP contribution < -0.4 is 20.5 Å². The minimum Gasteiger partial charge on any atom is -0.493 e. The van der Waals surface area contributed by atoms with Gasteiger partial charge in [-0.05, 0) is 23.8 Å². The zero-order valence-corrected chi connectivity index (χ0v) is 14.5. The predicted molar refractivity (Wildman–Crippen MR) is 95.7 cm³/mol. The second-order valence-corrected chi connectivity index (χ2v) is 5.28. The molecule has 0 aliphatic carbocycles. The first-order valence-corrected chi connectivity index (χ1v) is 7.79. The number of nitrogens with one attached hydrogen (secondary N) is 1. The molecule has 0 aliphatic rings. The SMILES string of the molecule is COCc1ccccc1NC(N)=NCc1ccc(OC)c(OC(F)F)c1. The van der Waals surface area contributed by atoms with Gasteiger partial charge in [0.2, 0.25) is 0 Å². The molecular weight excluding hydrogens is 344 g/mol. The summed E-state index contributed by atoms with van der Waals surface area (Å²) >= 11 is 0. The van der Waals surface area contributed by atoms with Crippen molar-refractivity contribution in [1.82, 2.24) is 0 Å². The molecule has 0 aromatic heterocycles. The van der Waals surface area contributed by atoms with Crippen molar-refractivity contribution in [3.63, 3.8) is 0 Å². The van der Waals surface area contributed by atoms with Crippen LogP contribution in [0.1, 0.15) is 11.1 Å². The first kappa shape index (κ1) is 19.5. The van der Waals surface area contributed by atoms with Gasteiger partial charge in [0.25, 0.3) is 0 Å². The van der Waals surface area contributed by atoms with Crippen LogP contribution in [0.25, 0.3) is 0 Å². The second kappa shape index (κ2) is 9.57. The standard InChI is InChI=1S/C18H21F2N3O3/c1-24-11-13-5-3-4-6-14(13)23-18(21)22-10-12-7-8-15(25-2)16(9-12)26-17(19)20/h3-9,17H,10-11H2,1-2H3,(H3,21,22,23). The summed E-state index contributed by atoms with van der Waals surface area (Å²) in [6, 6.07) is 12.2. The molecule has 6 nitrogen and oxygen atoms in total. The Bertz CT molecular complexity index is 754. The van der Waals surface area contributed by atoms with Crippen molar-refractivity contribution in [1.29, 1.82) is 0 Å². The number of hydrogen-bond acceptors (Lipinski definition) is 4. The maximum Gasteiger partial charge on any atom is 0.387 e. The summed E-state index contributed by atoms with van der Waals surface area (Å²) in [5, 5.41) is 3.01. The Kier molecular flexibility index (Phi) is 7.16. The van der Waals surface area contributed by atoms with Gasteiger partial charge in [0.15, 0.2) is 17.5 Å². The molecule has 0 fully saturated rings. The van der Waals surface area contributed by atoms with Crippen LogP contribution in [-0.4, -0.2) is 26.8 Å². The first-order valence-electron chi connectivity index (χ1n) is 7.79. The molecule has 0 radical (unpaired) electrons. The number of aliphatic imine (C=N–C) groups is 1. The first-order chi connectivity index (χ1) is 12.5. The van der Waals surface area contributed by atoms with Crippen LogP contribution in [0.5, 0.6) is 11.5 Å². The van der Waals surface area contributed by atoms with Gasteiger partial charge in [-0.3, -0.25) is 0 Å². The zero-order chi connectivity index (χ0) is 18.9. The molecule has 0 saturated heterocycles. The molecule has 2 rings (SSSR count). The van der Waals surface area contributed by atoms with Crippen LogP contribution in [0.4, 0.5) is 14.5 Å². The number of benzene rings is 2. The van der Waals surface area contributed by atoms with Gasteiger partial charge < -0.3 is 25.3 Å². The van der Waals surface area contributed by atoms with Crippen LogP contribution in [0.3, 0.4) is 0 Å². The number of guanidine groups is 1. The lowest BCUT2D eigenvalue weighted by molar-refractivity contribution is -0.0512. The lowest BCUT2D eigenvalue weighted by Gasteiger charge is -2.12. The molecule has 26 heavy (non-hydrogen) atoms. The van der Waals surface area contributed by atoms with Crippen LogP contribution in [0, 0.1) is 0 Å². The molecule has 0 heterocycles. The smallest absolute Gasteiger partial charge is 0.387 e. The molecule has 0 atom stereocenters. The monoisotopic (exact) mass is 365 g/mol. The van der Waals surface area contributed by atoms with Crippen LogP contribution >= 0.6 is 0 Å². The molecule has 0 unspecified atom stereocenters. The van der Waals surface area contributed by atoms with E-state index in [1.165, 1.54) is 13.2 Å². The lowest BCUT2D eigenvalue weighted by atomic mass is 10.2. The fourth-order valence-electron chi connectivity index (χ4n) is 2.29. The number of alkyl halides is 2. The van der Waals surface area contributed by atoms with Gasteiger partial charge in [-0.2, -0.15) is 8.78 Å². The molecule has 0 saturated carbocycles. The van der Waals surface area contributed by atoms with E-state index in [1.807, 2.05) is 24.3 Å². The summed E-state index contributed by atoms with van der Waals surface area (Å²) < 4.78 is 39.6. The number of anilines is 1. The number of rotatable bonds is 8. The fourth-order valence-corrected chi connectivity index (χ4v) is 2.29. The number of para-hydroxylation sites is 1. The third-order valence-corrected chi connectivity index (χ3v) is 3.46. The second-order valence-electron chi connectivity index (χ2n) is 5.28. The van der Waals surface area contributed by atoms with Crippen molar-refractivity contribution in [3.05, 3.63) is 53.6 Å². The topological polar surface area (TPSA) is 78.1 Å². The van der Waals surface area contributed by atoms with Crippen molar-refractivity contribution < 1.29 is 23.0 Å². The molecule has 8 heteroatoms. The number of nitrogens with zero attached hydrogens (tertiary/aromatic N) is 1. The van der Waals surface area contributed by atoms with Crippen molar-refractivity contribution in [3.8, 4) is 11.5 Å². The molecule has 0 bridgehead atoms. The van der Waals surface area contributed by atoms with E-state index < -0.39 is 6.61 Å². The van der Waals surface area contributed by atoms with Crippen molar-refractivity contribution in [2.45, 2.75) is 19.8 Å². The highest BCUT2D eigenvalue weighted by atomic mass is 19.3. The van der Waals surface area contributed by atoms with Crippen LogP contribution in [0.2, 0.25) is 0 Å². The number of halogens is 2. The maximum absolute atomic E-state index is 12.5. The normalized spacial score (nSPS) is 11.5.